The minimum atomic E-state index is 0.658. The van der Waals surface area contributed by atoms with Crippen molar-refractivity contribution in [3.8, 4) is 51.0 Å². The highest BCUT2D eigenvalue weighted by atomic mass is 32.1. The maximum Gasteiger partial charge on any atom is 0.164 e. The van der Waals surface area contributed by atoms with Gasteiger partial charge < -0.3 is 4.57 Å². The van der Waals surface area contributed by atoms with E-state index in [1.165, 1.54) is 67.9 Å². The van der Waals surface area contributed by atoms with E-state index in [-0.39, 0.29) is 0 Å². The lowest BCUT2D eigenvalue weighted by atomic mass is 9.99. The number of fused-ring (bicyclic) bond motifs is 9. The van der Waals surface area contributed by atoms with E-state index in [4.69, 9.17) is 15.0 Å². The second-order valence-electron chi connectivity index (χ2n) is 14.4. The van der Waals surface area contributed by atoms with Crippen molar-refractivity contribution in [2.45, 2.75) is 0 Å². The van der Waals surface area contributed by atoms with Crippen LogP contribution in [0.2, 0.25) is 0 Å². The van der Waals surface area contributed by atoms with Crippen LogP contribution in [-0.2, 0) is 0 Å². The average Bonchev–Trinajstić information content (AvgIpc) is 3.95. The molecule has 0 atom stereocenters. The molecule has 4 nitrogen and oxygen atoms in total. The molecular formula is C51H30N4S2. The van der Waals surface area contributed by atoms with Crippen LogP contribution >= 0.6 is 22.7 Å². The summed E-state index contributed by atoms with van der Waals surface area (Å²) in [7, 11) is 0. The molecule has 0 unspecified atom stereocenters. The van der Waals surface area contributed by atoms with Gasteiger partial charge >= 0.3 is 0 Å². The Labute approximate surface area is 335 Å². The smallest absolute Gasteiger partial charge is 0.164 e. The molecule has 12 aromatic rings. The molecule has 6 heteroatoms. The number of hydrogen-bond donors (Lipinski definition) is 0. The molecule has 4 aromatic heterocycles. The number of thiophene rings is 2. The molecule has 57 heavy (non-hydrogen) atoms. The summed E-state index contributed by atoms with van der Waals surface area (Å²) in [4.78, 5) is 15.6. The van der Waals surface area contributed by atoms with E-state index < -0.39 is 0 Å². The summed E-state index contributed by atoms with van der Waals surface area (Å²) < 4.78 is 7.33. The molecule has 0 spiro atoms. The first-order chi connectivity index (χ1) is 28.2. The number of nitrogens with zero attached hydrogens (tertiary/aromatic N) is 4. The number of rotatable bonds is 5. The van der Waals surface area contributed by atoms with Gasteiger partial charge in [0.25, 0.3) is 0 Å². The van der Waals surface area contributed by atoms with E-state index in [1.54, 1.807) is 0 Å². The SMILES string of the molecule is c1ccc(-c2nc(-c3ccc4sc5ccccc5c4c3)nc(-c3cccc4sc5ccc(-c6ccc7c(c6)c6ccccc6n7-c6ccccc6)cc5c34)n2)cc1. The largest absolute Gasteiger partial charge is 0.309 e. The van der Waals surface area contributed by atoms with Crippen LogP contribution in [0.25, 0.3) is 113 Å². The normalized spacial score (nSPS) is 11.9. The molecule has 12 rings (SSSR count). The zero-order chi connectivity index (χ0) is 37.5. The summed E-state index contributed by atoms with van der Waals surface area (Å²) in [5.74, 6) is 1.99. The van der Waals surface area contributed by atoms with Gasteiger partial charge in [-0.3, -0.25) is 0 Å². The summed E-state index contributed by atoms with van der Waals surface area (Å²) in [6.45, 7) is 0. The van der Waals surface area contributed by atoms with Crippen molar-refractivity contribution in [3.05, 3.63) is 182 Å². The first-order valence-corrected chi connectivity index (χ1v) is 20.6. The lowest BCUT2D eigenvalue weighted by molar-refractivity contribution is 1.08. The van der Waals surface area contributed by atoms with Gasteiger partial charge in [-0.2, -0.15) is 0 Å². The van der Waals surface area contributed by atoms with Gasteiger partial charge in [-0.1, -0.05) is 109 Å². The molecule has 8 aromatic carbocycles. The Morgan fingerprint density at radius 2 is 0.895 bits per heavy atom. The fourth-order valence-corrected chi connectivity index (χ4v) is 10.6. The Morgan fingerprint density at radius 3 is 1.74 bits per heavy atom. The molecule has 4 heterocycles. The Morgan fingerprint density at radius 1 is 0.333 bits per heavy atom. The predicted molar refractivity (Wildman–Crippen MR) is 242 cm³/mol. The Balaban J connectivity index is 1.04. The molecule has 0 saturated carbocycles. The molecule has 0 radical (unpaired) electrons. The minimum Gasteiger partial charge on any atom is -0.309 e. The van der Waals surface area contributed by atoms with Crippen LogP contribution < -0.4 is 0 Å². The number of hydrogen-bond acceptors (Lipinski definition) is 5. The molecule has 0 aliphatic heterocycles. The van der Waals surface area contributed by atoms with E-state index in [2.05, 4.69) is 168 Å². The van der Waals surface area contributed by atoms with Crippen molar-refractivity contribution in [3.63, 3.8) is 0 Å². The quantitative estimate of drug-likeness (QED) is 0.175. The van der Waals surface area contributed by atoms with Crippen LogP contribution in [0, 0.1) is 0 Å². The summed E-state index contributed by atoms with van der Waals surface area (Å²) in [5.41, 5.74) is 8.85. The second-order valence-corrected chi connectivity index (χ2v) is 16.6. The first kappa shape index (κ1) is 32.3. The monoisotopic (exact) mass is 762 g/mol. The van der Waals surface area contributed by atoms with E-state index in [0.29, 0.717) is 17.5 Å². The van der Waals surface area contributed by atoms with Gasteiger partial charge in [0.05, 0.1) is 11.0 Å². The third-order valence-electron chi connectivity index (χ3n) is 11.1. The molecule has 0 fully saturated rings. The van der Waals surface area contributed by atoms with Crippen molar-refractivity contribution >= 4 is 84.8 Å². The molecule has 0 bridgehead atoms. The predicted octanol–water partition coefficient (Wildman–Crippen LogP) is 14.4. The fourth-order valence-electron chi connectivity index (χ4n) is 8.41. The highest BCUT2D eigenvalue weighted by Gasteiger charge is 2.19. The van der Waals surface area contributed by atoms with Gasteiger partial charge in [0, 0.05) is 73.5 Å². The average molecular weight is 763 g/mol. The zero-order valence-electron chi connectivity index (χ0n) is 30.4. The summed E-state index contributed by atoms with van der Waals surface area (Å²) >= 11 is 3.63. The summed E-state index contributed by atoms with van der Waals surface area (Å²) in [6, 6.07) is 65.0. The van der Waals surface area contributed by atoms with Crippen LogP contribution in [0.1, 0.15) is 0 Å². The summed E-state index contributed by atoms with van der Waals surface area (Å²) in [6.07, 6.45) is 0. The molecule has 0 N–H and O–H groups in total. The van der Waals surface area contributed by atoms with Gasteiger partial charge in [0.2, 0.25) is 0 Å². The van der Waals surface area contributed by atoms with Crippen LogP contribution in [-0.4, -0.2) is 19.5 Å². The van der Waals surface area contributed by atoms with Crippen LogP contribution in [0.3, 0.4) is 0 Å². The van der Waals surface area contributed by atoms with Crippen molar-refractivity contribution < 1.29 is 0 Å². The van der Waals surface area contributed by atoms with Crippen molar-refractivity contribution in [1.82, 2.24) is 19.5 Å². The van der Waals surface area contributed by atoms with Crippen molar-refractivity contribution in [1.29, 1.82) is 0 Å². The summed E-state index contributed by atoms with van der Waals surface area (Å²) in [5, 5.41) is 7.32. The first-order valence-electron chi connectivity index (χ1n) is 19.0. The van der Waals surface area contributed by atoms with Crippen LogP contribution in [0.15, 0.2) is 182 Å². The lowest BCUT2D eigenvalue weighted by Crippen LogP contribution is -2.00. The van der Waals surface area contributed by atoms with Gasteiger partial charge in [0.15, 0.2) is 17.5 Å². The third kappa shape index (κ3) is 5.22. The Bertz CT molecular complexity index is 3530. The number of para-hydroxylation sites is 2. The molecule has 266 valence electrons. The molecule has 0 aliphatic rings. The minimum absolute atomic E-state index is 0.658. The van der Waals surface area contributed by atoms with Crippen LogP contribution in [0.4, 0.5) is 0 Å². The molecule has 0 amide bonds. The Kier molecular flexibility index (Phi) is 7.24. The van der Waals surface area contributed by atoms with Gasteiger partial charge in [-0.15, -0.1) is 22.7 Å². The lowest BCUT2D eigenvalue weighted by Gasteiger charge is -2.10. The topological polar surface area (TPSA) is 43.6 Å². The zero-order valence-corrected chi connectivity index (χ0v) is 32.1. The Hall–Kier alpha value is -6.99. The van der Waals surface area contributed by atoms with Gasteiger partial charge in [-0.05, 0) is 83.9 Å². The highest BCUT2D eigenvalue weighted by Crippen LogP contribution is 2.43. The standard InChI is InChI=1S/C51H30N4S2/c1-3-12-31(13-4-1)49-52-50(34-24-27-45-40(30-34)37-17-8-10-20-44(37)56-45)54-51(53-49)38-18-11-21-47-48(38)41-29-33(23-26-46(41)57-47)32-22-25-43-39(28-32)36-16-7-9-19-42(36)55(43)35-14-5-2-6-15-35/h1-30H. The third-order valence-corrected chi connectivity index (χ3v) is 13.3. The number of benzene rings is 8. The van der Waals surface area contributed by atoms with E-state index in [1.807, 2.05) is 40.9 Å². The van der Waals surface area contributed by atoms with E-state index >= 15 is 0 Å². The fraction of sp³-hybridized carbons (Fsp3) is 0. The van der Waals surface area contributed by atoms with Crippen molar-refractivity contribution in [2.75, 3.05) is 0 Å². The van der Waals surface area contributed by atoms with Gasteiger partial charge in [-0.25, -0.2) is 15.0 Å². The maximum absolute atomic E-state index is 5.26. The molecule has 0 aliphatic carbocycles. The highest BCUT2D eigenvalue weighted by molar-refractivity contribution is 7.26. The van der Waals surface area contributed by atoms with Gasteiger partial charge in [0.1, 0.15) is 0 Å². The van der Waals surface area contributed by atoms with E-state index in [9.17, 15) is 0 Å². The second kappa shape index (κ2) is 12.8. The molecular weight excluding hydrogens is 733 g/mol. The number of aromatic nitrogens is 4. The van der Waals surface area contributed by atoms with Crippen molar-refractivity contribution in [2.24, 2.45) is 0 Å². The van der Waals surface area contributed by atoms with Crippen LogP contribution in [0.5, 0.6) is 0 Å². The maximum atomic E-state index is 5.26. The molecule has 0 saturated heterocycles. The van der Waals surface area contributed by atoms with E-state index in [0.717, 1.165) is 27.8 Å².